The Balaban J connectivity index is 2.04. The minimum absolute atomic E-state index is 0.560. The quantitative estimate of drug-likeness (QED) is 0.833. The van der Waals surface area contributed by atoms with E-state index in [0.717, 1.165) is 30.5 Å². The molecule has 3 nitrogen and oxygen atoms in total. The third-order valence-corrected chi connectivity index (χ3v) is 3.49. The first-order chi connectivity index (χ1) is 9.11. The van der Waals surface area contributed by atoms with Crippen LogP contribution in [0.25, 0.3) is 0 Å². The van der Waals surface area contributed by atoms with Gasteiger partial charge in [0.05, 0.1) is 11.3 Å². The van der Waals surface area contributed by atoms with E-state index in [1.54, 1.807) is 0 Å². The monoisotopic (exact) mass is 256 g/mol. The second-order valence-corrected chi connectivity index (χ2v) is 5.22. The fourth-order valence-corrected chi connectivity index (χ4v) is 2.17. The van der Waals surface area contributed by atoms with E-state index in [0.29, 0.717) is 11.5 Å². The number of benzene rings is 1. The predicted octanol–water partition coefficient (Wildman–Crippen LogP) is 3.44. The molecule has 1 heterocycles. The van der Waals surface area contributed by atoms with Gasteiger partial charge in [0.1, 0.15) is 0 Å². The van der Waals surface area contributed by atoms with Gasteiger partial charge in [-0.15, -0.1) is 0 Å². The van der Waals surface area contributed by atoms with Crippen molar-refractivity contribution in [2.24, 2.45) is 0 Å². The van der Waals surface area contributed by atoms with E-state index >= 15 is 0 Å². The van der Waals surface area contributed by atoms with E-state index in [-0.39, 0.29) is 0 Å². The number of hydrogen-bond donors (Lipinski definition) is 1. The van der Waals surface area contributed by atoms with Crippen LogP contribution in [-0.2, 0) is 12.8 Å². The SMILES string of the molecule is Cc1[nH]nc(CCc2ccc(C(C)C)cc2)c1C=O. The van der Waals surface area contributed by atoms with Gasteiger partial charge in [0, 0.05) is 5.69 Å². The van der Waals surface area contributed by atoms with Crippen molar-refractivity contribution in [2.45, 2.75) is 39.5 Å². The molecule has 0 saturated heterocycles. The van der Waals surface area contributed by atoms with Crippen LogP contribution < -0.4 is 0 Å². The van der Waals surface area contributed by atoms with Crippen molar-refractivity contribution in [3.8, 4) is 0 Å². The average Bonchev–Trinajstić information content (AvgIpc) is 2.77. The molecule has 0 radical (unpaired) electrons. The summed E-state index contributed by atoms with van der Waals surface area (Å²) in [4.78, 5) is 11.0. The molecule has 1 aromatic carbocycles. The topological polar surface area (TPSA) is 45.8 Å². The van der Waals surface area contributed by atoms with Crippen molar-refractivity contribution in [3.05, 3.63) is 52.3 Å². The third-order valence-electron chi connectivity index (χ3n) is 3.49. The number of aryl methyl sites for hydroxylation is 3. The molecule has 0 bridgehead atoms. The van der Waals surface area contributed by atoms with Crippen LogP contribution in [0, 0.1) is 6.92 Å². The van der Waals surface area contributed by atoms with Crippen molar-refractivity contribution in [2.75, 3.05) is 0 Å². The summed E-state index contributed by atoms with van der Waals surface area (Å²) in [7, 11) is 0. The summed E-state index contributed by atoms with van der Waals surface area (Å²) < 4.78 is 0. The van der Waals surface area contributed by atoms with Crippen molar-refractivity contribution in [1.29, 1.82) is 0 Å². The Hall–Kier alpha value is -1.90. The molecule has 19 heavy (non-hydrogen) atoms. The number of nitrogens with one attached hydrogen (secondary N) is 1. The van der Waals surface area contributed by atoms with Crippen LogP contribution in [0.2, 0.25) is 0 Å². The maximum Gasteiger partial charge on any atom is 0.153 e. The number of H-pyrrole nitrogens is 1. The summed E-state index contributed by atoms with van der Waals surface area (Å²) in [5.74, 6) is 0.560. The van der Waals surface area contributed by atoms with Gasteiger partial charge in [-0.2, -0.15) is 5.10 Å². The smallest absolute Gasteiger partial charge is 0.153 e. The van der Waals surface area contributed by atoms with Crippen LogP contribution in [-0.4, -0.2) is 16.5 Å². The number of carbonyl (C=O) groups is 1. The van der Waals surface area contributed by atoms with E-state index in [1.807, 2.05) is 6.92 Å². The molecule has 0 unspecified atom stereocenters. The Labute approximate surface area is 114 Å². The zero-order chi connectivity index (χ0) is 13.8. The van der Waals surface area contributed by atoms with E-state index in [1.165, 1.54) is 11.1 Å². The first kappa shape index (κ1) is 13.5. The Morgan fingerprint density at radius 3 is 2.47 bits per heavy atom. The number of nitrogens with zero attached hydrogens (tertiary/aromatic N) is 1. The summed E-state index contributed by atoms with van der Waals surface area (Å²) in [6, 6.07) is 8.68. The number of rotatable bonds is 5. The molecule has 0 atom stereocenters. The summed E-state index contributed by atoms with van der Waals surface area (Å²) >= 11 is 0. The number of aromatic nitrogens is 2. The number of hydrogen-bond acceptors (Lipinski definition) is 2. The maximum atomic E-state index is 11.0. The van der Waals surface area contributed by atoms with Gasteiger partial charge >= 0.3 is 0 Å². The molecular weight excluding hydrogens is 236 g/mol. The van der Waals surface area contributed by atoms with Crippen molar-refractivity contribution in [3.63, 3.8) is 0 Å². The zero-order valence-corrected chi connectivity index (χ0v) is 11.7. The fraction of sp³-hybridized carbons (Fsp3) is 0.375. The Bertz CT molecular complexity index is 553. The second kappa shape index (κ2) is 5.83. The van der Waals surface area contributed by atoms with Gasteiger partial charge in [0.25, 0.3) is 0 Å². The molecule has 0 aliphatic carbocycles. The Kier molecular flexibility index (Phi) is 4.15. The van der Waals surface area contributed by atoms with Crippen LogP contribution in [0.5, 0.6) is 0 Å². The molecule has 0 aliphatic rings. The van der Waals surface area contributed by atoms with Gasteiger partial charge in [0.15, 0.2) is 6.29 Å². The Morgan fingerprint density at radius 2 is 1.89 bits per heavy atom. The van der Waals surface area contributed by atoms with Crippen LogP contribution in [0.4, 0.5) is 0 Å². The number of carbonyl (C=O) groups excluding carboxylic acids is 1. The lowest BCUT2D eigenvalue weighted by Crippen LogP contribution is -1.96. The van der Waals surface area contributed by atoms with Gasteiger partial charge < -0.3 is 0 Å². The standard InChI is InChI=1S/C16H20N2O/c1-11(2)14-7-4-13(5-8-14)6-9-16-15(10-19)12(3)17-18-16/h4-5,7-8,10-11H,6,9H2,1-3H3,(H,17,18). The van der Waals surface area contributed by atoms with Gasteiger partial charge in [-0.3, -0.25) is 9.89 Å². The van der Waals surface area contributed by atoms with Crippen molar-refractivity contribution < 1.29 is 4.79 Å². The molecule has 0 spiro atoms. The molecule has 0 aliphatic heterocycles. The number of aromatic amines is 1. The molecule has 2 rings (SSSR count). The molecule has 3 heteroatoms. The minimum Gasteiger partial charge on any atom is -0.298 e. The normalized spacial score (nSPS) is 10.9. The Morgan fingerprint density at radius 1 is 1.21 bits per heavy atom. The first-order valence-corrected chi connectivity index (χ1v) is 6.69. The van der Waals surface area contributed by atoms with Gasteiger partial charge in [0.2, 0.25) is 0 Å². The molecule has 0 amide bonds. The van der Waals surface area contributed by atoms with Crippen LogP contribution in [0.15, 0.2) is 24.3 Å². The third kappa shape index (κ3) is 3.11. The molecule has 0 saturated carbocycles. The molecular formula is C16H20N2O. The summed E-state index contributed by atoms with van der Waals surface area (Å²) in [5, 5.41) is 7.06. The van der Waals surface area contributed by atoms with Crippen LogP contribution in [0.1, 0.15) is 52.6 Å². The van der Waals surface area contributed by atoms with Gasteiger partial charge in [-0.25, -0.2) is 0 Å². The van der Waals surface area contributed by atoms with E-state index < -0.39 is 0 Å². The van der Waals surface area contributed by atoms with Gasteiger partial charge in [-0.1, -0.05) is 38.1 Å². The van der Waals surface area contributed by atoms with Crippen molar-refractivity contribution >= 4 is 6.29 Å². The highest BCUT2D eigenvalue weighted by molar-refractivity contribution is 5.78. The van der Waals surface area contributed by atoms with E-state index in [2.05, 4.69) is 48.3 Å². The molecule has 100 valence electrons. The second-order valence-electron chi connectivity index (χ2n) is 5.22. The molecule has 1 aromatic heterocycles. The minimum atomic E-state index is 0.560. The lowest BCUT2D eigenvalue weighted by atomic mass is 9.99. The highest BCUT2D eigenvalue weighted by Gasteiger charge is 2.09. The highest BCUT2D eigenvalue weighted by atomic mass is 16.1. The van der Waals surface area contributed by atoms with Crippen LogP contribution in [0.3, 0.4) is 0 Å². The summed E-state index contributed by atoms with van der Waals surface area (Å²) in [5.41, 5.74) is 5.05. The molecule has 0 fully saturated rings. The maximum absolute atomic E-state index is 11.0. The van der Waals surface area contributed by atoms with Crippen molar-refractivity contribution in [1.82, 2.24) is 10.2 Å². The van der Waals surface area contributed by atoms with Crippen LogP contribution >= 0.6 is 0 Å². The van der Waals surface area contributed by atoms with E-state index in [9.17, 15) is 4.79 Å². The summed E-state index contributed by atoms with van der Waals surface area (Å²) in [6.07, 6.45) is 2.58. The largest absolute Gasteiger partial charge is 0.298 e. The van der Waals surface area contributed by atoms with E-state index in [4.69, 9.17) is 0 Å². The lowest BCUT2D eigenvalue weighted by molar-refractivity contribution is 0.112. The fourth-order valence-electron chi connectivity index (χ4n) is 2.17. The van der Waals surface area contributed by atoms with Gasteiger partial charge in [-0.05, 0) is 36.8 Å². The zero-order valence-electron chi connectivity index (χ0n) is 11.7. The predicted molar refractivity (Wildman–Crippen MR) is 76.7 cm³/mol. The average molecular weight is 256 g/mol. The highest BCUT2D eigenvalue weighted by Crippen LogP contribution is 2.16. The molecule has 1 N–H and O–H groups in total. The first-order valence-electron chi connectivity index (χ1n) is 6.69. The summed E-state index contributed by atoms with van der Waals surface area (Å²) in [6.45, 7) is 6.26. The number of aldehydes is 1. The molecule has 2 aromatic rings. The lowest BCUT2D eigenvalue weighted by Gasteiger charge is -2.06.